The van der Waals surface area contributed by atoms with Crippen LogP contribution in [0.1, 0.15) is 19.4 Å². The molecule has 2 N–H and O–H groups in total. The number of benzene rings is 1. The maximum Gasteiger partial charge on any atom is 0.329 e. The van der Waals surface area contributed by atoms with Crippen LogP contribution in [0.5, 0.6) is 5.75 Å². The van der Waals surface area contributed by atoms with E-state index in [1.54, 1.807) is 24.7 Å². The van der Waals surface area contributed by atoms with Crippen molar-refractivity contribution in [3.63, 3.8) is 0 Å². The molecule has 0 radical (unpaired) electrons. The van der Waals surface area contributed by atoms with Crippen molar-refractivity contribution in [2.24, 2.45) is 12.1 Å². The standard InChI is InChI=1S/C19H21ClN6O3/c1-11(20)9-10-26-15-16(25(3)19(28)22-17(15)27)21-18(26)24-23-12(2)13-5-7-14(29-4)8-6-13/h5-9H,10H2,1-4H3,(H,21,24)(H,22,27,28)/b11-9-,23-12+. The summed E-state index contributed by atoms with van der Waals surface area (Å²) >= 11 is 5.95. The van der Waals surface area contributed by atoms with Gasteiger partial charge in [0.1, 0.15) is 5.75 Å². The fourth-order valence-electron chi connectivity index (χ4n) is 2.75. The van der Waals surface area contributed by atoms with Crippen molar-refractivity contribution in [3.05, 3.63) is 61.8 Å². The van der Waals surface area contributed by atoms with Crippen molar-refractivity contribution in [2.45, 2.75) is 20.4 Å². The Morgan fingerprint density at radius 2 is 2.00 bits per heavy atom. The average molecular weight is 417 g/mol. The summed E-state index contributed by atoms with van der Waals surface area (Å²) in [6.45, 7) is 3.86. The zero-order chi connectivity index (χ0) is 21.1. The summed E-state index contributed by atoms with van der Waals surface area (Å²) in [5.41, 5.74) is 3.92. The maximum atomic E-state index is 12.4. The molecule has 2 aromatic heterocycles. The number of allylic oxidation sites excluding steroid dienone is 2. The molecule has 0 bridgehead atoms. The van der Waals surface area contributed by atoms with Gasteiger partial charge in [-0.2, -0.15) is 10.1 Å². The van der Waals surface area contributed by atoms with E-state index < -0.39 is 11.2 Å². The monoisotopic (exact) mass is 416 g/mol. The van der Waals surface area contributed by atoms with Crippen molar-refractivity contribution >= 4 is 34.4 Å². The molecule has 0 fully saturated rings. The van der Waals surface area contributed by atoms with Gasteiger partial charge >= 0.3 is 5.69 Å². The lowest BCUT2D eigenvalue weighted by atomic mass is 10.1. The highest BCUT2D eigenvalue weighted by atomic mass is 35.5. The van der Waals surface area contributed by atoms with Crippen LogP contribution in [0.4, 0.5) is 5.95 Å². The summed E-state index contributed by atoms with van der Waals surface area (Å²) in [5, 5.41) is 4.94. The summed E-state index contributed by atoms with van der Waals surface area (Å²) in [6.07, 6.45) is 1.73. The van der Waals surface area contributed by atoms with E-state index in [9.17, 15) is 9.59 Å². The Balaban J connectivity index is 2.05. The van der Waals surface area contributed by atoms with Crippen LogP contribution in [0.3, 0.4) is 0 Å². The molecule has 1 aromatic carbocycles. The number of hydrogen-bond acceptors (Lipinski definition) is 6. The third-order valence-corrected chi connectivity index (χ3v) is 4.55. The Bertz CT molecular complexity index is 1210. The normalized spacial score (nSPS) is 12.4. The molecule has 9 nitrogen and oxygen atoms in total. The number of aryl methyl sites for hydroxylation is 1. The maximum absolute atomic E-state index is 12.4. The van der Waals surface area contributed by atoms with E-state index in [-0.39, 0.29) is 17.7 Å². The molecule has 0 spiro atoms. The number of nitrogens with zero attached hydrogens (tertiary/aromatic N) is 4. The van der Waals surface area contributed by atoms with Crippen LogP contribution in [-0.2, 0) is 13.6 Å². The largest absolute Gasteiger partial charge is 0.497 e. The van der Waals surface area contributed by atoms with Crippen LogP contribution in [-0.4, -0.2) is 31.9 Å². The zero-order valence-corrected chi connectivity index (χ0v) is 17.2. The van der Waals surface area contributed by atoms with Gasteiger partial charge in [-0.05, 0) is 43.7 Å². The number of ether oxygens (including phenoxy) is 1. The number of aromatic amines is 1. The number of aromatic nitrogens is 4. The third-order valence-electron chi connectivity index (χ3n) is 4.39. The minimum absolute atomic E-state index is 0.249. The van der Waals surface area contributed by atoms with Crippen LogP contribution in [0.15, 0.2) is 50.1 Å². The number of rotatable bonds is 6. The molecular formula is C19H21ClN6O3. The number of nitrogens with one attached hydrogen (secondary N) is 2. The van der Waals surface area contributed by atoms with Gasteiger partial charge in [0.2, 0.25) is 5.95 Å². The number of imidazole rings is 1. The summed E-state index contributed by atoms with van der Waals surface area (Å²) in [6, 6.07) is 7.45. The molecule has 0 amide bonds. The number of H-pyrrole nitrogens is 1. The highest BCUT2D eigenvalue weighted by Crippen LogP contribution is 2.17. The Labute approximate surface area is 171 Å². The van der Waals surface area contributed by atoms with Gasteiger partial charge < -0.3 is 4.74 Å². The molecule has 152 valence electrons. The second-order valence-electron chi connectivity index (χ2n) is 6.36. The molecule has 3 rings (SSSR count). The minimum Gasteiger partial charge on any atom is -0.497 e. The van der Waals surface area contributed by atoms with Crippen molar-refractivity contribution in [1.29, 1.82) is 0 Å². The SMILES string of the molecule is COc1ccc(/C(C)=N/Nc2nc3c(c(=O)[nH]c(=O)n3C)n2C/C=C(/C)Cl)cc1. The Hall–Kier alpha value is -3.33. The highest BCUT2D eigenvalue weighted by Gasteiger charge is 2.16. The predicted octanol–water partition coefficient (Wildman–Crippen LogP) is 2.41. The lowest BCUT2D eigenvalue weighted by Crippen LogP contribution is -2.29. The van der Waals surface area contributed by atoms with Gasteiger partial charge in [0.15, 0.2) is 11.2 Å². The molecule has 0 aliphatic heterocycles. The van der Waals surface area contributed by atoms with Crippen LogP contribution >= 0.6 is 11.6 Å². The Kier molecular flexibility index (Phi) is 5.88. The zero-order valence-electron chi connectivity index (χ0n) is 16.5. The fraction of sp³-hybridized carbons (Fsp3) is 0.263. The lowest BCUT2D eigenvalue weighted by molar-refractivity contribution is 0.415. The number of hydrogen-bond donors (Lipinski definition) is 2. The number of anilines is 1. The van der Waals surface area contributed by atoms with Crippen LogP contribution in [0, 0.1) is 0 Å². The predicted molar refractivity (Wildman–Crippen MR) is 114 cm³/mol. The highest BCUT2D eigenvalue weighted by molar-refractivity contribution is 6.29. The van der Waals surface area contributed by atoms with Gasteiger partial charge in [-0.1, -0.05) is 17.7 Å². The van der Waals surface area contributed by atoms with Gasteiger partial charge in [0.25, 0.3) is 5.56 Å². The minimum atomic E-state index is -0.541. The van der Waals surface area contributed by atoms with Crippen LogP contribution < -0.4 is 21.4 Å². The van der Waals surface area contributed by atoms with Crippen LogP contribution in [0.25, 0.3) is 11.2 Å². The van der Waals surface area contributed by atoms with Crippen molar-refractivity contribution < 1.29 is 4.74 Å². The molecule has 10 heteroatoms. The molecule has 0 aliphatic rings. The number of halogens is 1. The summed E-state index contributed by atoms with van der Waals surface area (Å²) in [7, 11) is 3.14. The number of methoxy groups -OCH3 is 1. The van der Waals surface area contributed by atoms with Gasteiger partial charge in [-0.15, -0.1) is 0 Å². The van der Waals surface area contributed by atoms with E-state index in [4.69, 9.17) is 16.3 Å². The first-order chi connectivity index (χ1) is 13.8. The Morgan fingerprint density at radius 3 is 2.62 bits per heavy atom. The van der Waals surface area contributed by atoms with Gasteiger partial charge in [0.05, 0.1) is 12.8 Å². The quantitative estimate of drug-likeness (QED) is 0.474. The van der Waals surface area contributed by atoms with E-state index in [1.165, 1.54) is 11.6 Å². The smallest absolute Gasteiger partial charge is 0.329 e. The first-order valence-electron chi connectivity index (χ1n) is 8.78. The van der Waals surface area contributed by atoms with E-state index in [2.05, 4.69) is 20.5 Å². The molecule has 0 saturated heterocycles. The average Bonchev–Trinajstić information content (AvgIpc) is 3.08. The fourth-order valence-corrected chi connectivity index (χ4v) is 2.81. The molecule has 2 heterocycles. The second kappa shape index (κ2) is 8.36. The molecule has 0 saturated carbocycles. The summed E-state index contributed by atoms with van der Waals surface area (Å²) in [4.78, 5) is 31.0. The van der Waals surface area contributed by atoms with Gasteiger partial charge in [0, 0.05) is 18.6 Å². The summed E-state index contributed by atoms with van der Waals surface area (Å²) in [5.74, 6) is 1.06. The topological polar surface area (TPSA) is 106 Å². The van der Waals surface area contributed by atoms with E-state index >= 15 is 0 Å². The van der Waals surface area contributed by atoms with E-state index in [0.29, 0.717) is 16.7 Å². The molecule has 0 aliphatic carbocycles. The number of fused-ring (bicyclic) bond motifs is 1. The first-order valence-corrected chi connectivity index (χ1v) is 9.16. The van der Waals surface area contributed by atoms with E-state index in [1.807, 2.05) is 31.2 Å². The van der Waals surface area contributed by atoms with Crippen molar-refractivity contribution in [1.82, 2.24) is 19.1 Å². The molecule has 0 unspecified atom stereocenters. The molecule has 3 aromatic rings. The van der Waals surface area contributed by atoms with Crippen molar-refractivity contribution in [2.75, 3.05) is 12.5 Å². The van der Waals surface area contributed by atoms with E-state index in [0.717, 1.165) is 11.3 Å². The van der Waals surface area contributed by atoms with Crippen molar-refractivity contribution in [3.8, 4) is 5.75 Å². The van der Waals surface area contributed by atoms with Gasteiger partial charge in [-0.3, -0.25) is 18.9 Å². The molecule has 29 heavy (non-hydrogen) atoms. The Morgan fingerprint density at radius 1 is 1.31 bits per heavy atom. The number of hydrazone groups is 1. The third kappa shape index (κ3) is 4.24. The first kappa shape index (κ1) is 20.4. The summed E-state index contributed by atoms with van der Waals surface area (Å²) < 4.78 is 8.05. The molecular weight excluding hydrogens is 396 g/mol. The van der Waals surface area contributed by atoms with Gasteiger partial charge in [-0.25, -0.2) is 10.2 Å². The lowest BCUT2D eigenvalue weighted by Gasteiger charge is -2.07. The second-order valence-corrected chi connectivity index (χ2v) is 6.96. The van der Waals surface area contributed by atoms with Crippen LogP contribution in [0.2, 0.25) is 0 Å². The molecule has 0 atom stereocenters.